The average molecular weight is 498 g/mol. The number of nitrogens with zero attached hydrogens (tertiary/aromatic N) is 2. The van der Waals surface area contributed by atoms with Crippen LogP contribution in [0, 0.1) is 11.6 Å². The molecule has 36 heavy (non-hydrogen) atoms. The highest BCUT2D eigenvalue weighted by Crippen LogP contribution is 2.38. The van der Waals surface area contributed by atoms with Crippen LogP contribution in [-0.2, 0) is 0 Å². The largest absolute Gasteiger partial charge is 0.440 e. The van der Waals surface area contributed by atoms with Crippen LogP contribution in [0.2, 0.25) is 0 Å². The summed E-state index contributed by atoms with van der Waals surface area (Å²) >= 11 is 0. The second-order valence-electron chi connectivity index (χ2n) is 8.61. The van der Waals surface area contributed by atoms with Gasteiger partial charge >= 0.3 is 0 Å². The molecule has 1 aromatic carbocycles. The minimum atomic E-state index is -1.33. The highest BCUT2D eigenvalue weighted by Gasteiger charge is 2.28. The Labute approximate surface area is 207 Å². The van der Waals surface area contributed by atoms with E-state index in [0.717, 1.165) is 44.1 Å². The molecular formula is C28H27F4N3O. The fraction of sp³-hybridized carbons (Fsp3) is 0.250. The number of oxazole rings is 1. The van der Waals surface area contributed by atoms with E-state index in [2.05, 4.69) is 18.5 Å². The van der Waals surface area contributed by atoms with E-state index < -0.39 is 23.6 Å². The maximum absolute atomic E-state index is 15.0. The molecule has 188 valence electrons. The number of halogens is 4. The van der Waals surface area contributed by atoms with Gasteiger partial charge < -0.3 is 14.6 Å². The Balaban J connectivity index is 1.88. The SMILES string of the molecule is C=C/C(F)=C(\C=C/C(C)F)c1oc(C2CCNCC2)nc1C1=CN(c2c(F)cccc2F)C(=C)C=C1. The van der Waals surface area contributed by atoms with Crippen molar-refractivity contribution in [2.75, 3.05) is 18.0 Å². The first-order valence-corrected chi connectivity index (χ1v) is 11.7. The van der Waals surface area contributed by atoms with Crippen molar-refractivity contribution in [3.63, 3.8) is 0 Å². The number of nitrogens with one attached hydrogen (secondary N) is 1. The van der Waals surface area contributed by atoms with E-state index in [9.17, 15) is 17.6 Å². The van der Waals surface area contributed by atoms with Gasteiger partial charge in [0, 0.05) is 23.4 Å². The number of benzene rings is 1. The Kier molecular flexibility index (Phi) is 7.74. The molecule has 2 aliphatic rings. The van der Waals surface area contributed by atoms with Gasteiger partial charge in [-0.1, -0.05) is 25.3 Å². The molecule has 1 N–H and O–H groups in total. The molecule has 0 radical (unpaired) electrons. The maximum Gasteiger partial charge on any atom is 0.198 e. The maximum atomic E-state index is 15.0. The quantitative estimate of drug-likeness (QED) is 0.326. The van der Waals surface area contributed by atoms with E-state index in [1.54, 1.807) is 12.2 Å². The van der Waals surface area contributed by atoms with Gasteiger partial charge in [0.15, 0.2) is 11.7 Å². The summed E-state index contributed by atoms with van der Waals surface area (Å²) in [5.74, 6) is -1.76. The van der Waals surface area contributed by atoms with E-state index in [-0.39, 0.29) is 28.6 Å². The number of alkyl halides is 1. The first kappa shape index (κ1) is 25.4. The van der Waals surface area contributed by atoms with E-state index in [0.29, 0.717) is 17.2 Å². The van der Waals surface area contributed by atoms with Gasteiger partial charge in [0.05, 0.1) is 5.57 Å². The van der Waals surface area contributed by atoms with E-state index in [1.807, 2.05) is 0 Å². The molecule has 2 aliphatic heterocycles. The van der Waals surface area contributed by atoms with Gasteiger partial charge in [-0.25, -0.2) is 22.5 Å². The third kappa shape index (κ3) is 5.28. The van der Waals surface area contributed by atoms with Crippen LogP contribution >= 0.6 is 0 Å². The Morgan fingerprint density at radius 1 is 1.22 bits per heavy atom. The van der Waals surface area contributed by atoms with Crippen molar-refractivity contribution in [2.24, 2.45) is 0 Å². The van der Waals surface area contributed by atoms with Crippen molar-refractivity contribution < 1.29 is 22.0 Å². The summed E-state index contributed by atoms with van der Waals surface area (Å²) in [5, 5.41) is 3.28. The van der Waals surface area contributed by atoms with Gasteiger partial charge in [0.25, 0.3) is 0 Å². The molecule has 1 atom stereocenters. The Morgan fingerprint density at radius 3 is 2.56 bits per heavy atom. The van der Waals surface area contributed by atoms with Crippen LogP contribution in [0.1, 0.15) is 43.0 Å². The van der Waals surface area contributed by atoms with Crippen LogP contribution in [0.15, 0.2) is 83.9 Å². The number of para-hydroxylation sites is 1. The lowest BCUT2D eigenvalue weighted by molar-refractivity contribution is 0.371. The van der Waals surface area contributed by atoms with Crippen molar-refractivity contribution in [3.05, 3.63) is 108 Å². The lowest BCUT2D eigenvalue weighted by Crippen LogP contribution is -2.26. The summed E-state index contributed by atoms with van der Waals surface area (Å²) in [4.78, 5) is 5.97. The molecule has 0 spiro atoms. The zero-order chi connectivity index (χ0) is 25.8. The van der Waals surface area contributed by atoms with Crippen molar-refractivity contribution in [1.29, 1.82) is 0 Å². The molecule has 1 saturated heterocycles. The second kappa shape index (κ2) is 11.0. The van der Waals surface area contributed by atoms with Crippen molar-refractivity contribution in [1.82, 2.24) is 10.3 Å². The smallest absolute Gasteiger partial charge is 0.198 e. The topological polar surface area (TPSA) is 41.3 Å². The minimum Gasteiger partial charge on any atom is -0.440 e. The standard InChI is InChI=1S/C28H27F4N3O/c1-4-22(30)21(11-8-17(2)29)27-25(34-28(36-27)19-12-14-33-15-13-19)20-10-9-18(3)35(16-20)26-23(31)6-5-7-24(26)32/h4-11,16-17,19,33H,1,3,12-15H2,2H3/b11-8-,22-21-. The summed E-state index contributed by atoms with van der Waals surface area (Å²) in [7, 11) is 0. The molecule has 0 bridgehead atoms. The highest BCUT2D eigenvalue weighted by atomic mass is 19.1. The fourth-order valence-electron chi connectivity index (χ4n) is 4.16. The number of piperidine rings is 1. The van der Waals surface area contributed by atoms with Crippen LogP contribution < -0.4 is 10.2 Å². The van der Waals surface area contributed by atoms with E-state index >= 15 is 0 Å². The Morgan fingerprint density at radius 2 is 1.92 bits per heavy atom. The highest BCUT2D eigenvalue weighted by molar-refractivity contribution is 5.87. The number of allylic oxidation sites excluding steroid dienone is 8. The summed E-state index contributed by atoms with van der Waals surface area (Å²) in [6.07, 6.45) is 8.43. The monoisotopic (exact) mass is 497 g/mol. The molecule has 0 amide bonds. The number of hydrogen-bond donors (Lipinski definition) is 1. The van der Waals surface area contributed by atoms with E-state index in [4.69, 9.17) is 9.40 Å². The number of anilines is 1. The predicted molar refractivity (Wildman–Crippen MR) is 134 cm³/mol. The first-order valence-electron chi connectivity index (χ1n) is 11.7. The van der Waals surface area contributed by atoms with E-state index in [1.165, 1.54) is 36.2 Å². The lowest BCUT2D eigenvalue weighted by Gasteiger charge is -2.25. The molecule has 2 aromatic rings. The van der Waals surface area contributed by atoms with Crippen LogP contribution in [0.5, 0.6) is 0 Å². The van der Waals surface area contributed by atoms with Gasteiger partial charge in [0.2, 0.25) is 0 Å². The van der Waals surface area contributed by atoms with Gasteiger partial charge in [-0.3, -0.25) is 0 Å². The summed E-state index contributed by atoms with van der Waals surface area (Å²) in [5.41, 5.74) is 0.675. The molecule has 4 rings (SSSR count). The van der Waals surface area contributed by atoms with Crippen molar-refractivity contribution in [3.8, 4) is 0 Å². The third-order valence-corrected chi connectivity index (χ3v) is 6.03. The Hall–Kier alpha value is -3.65. The van der Waals surface area contributed by atoms with Crippen LogP contribution in [0.4, 0.5) is 23.2 Å². The summed E-state index contributed by atoms with van der Waals surface area (Å²) in [6, 6.07) is 3.57. The first-order chi connectivity index (χ1) is 17.3. The zero-order valence-corrected chi connectivity index (χ0v) is 19.9. The molecule has 3 heterocycles. The van der Waals surface area contributed by atoms with Crippen LogP contribution in [-0.4, -0.2) is 24.2 Å². The number of hydrogen-bond acceptors (Lipinski definition) is 4. The van der Waals surface area contributed by atoms with Crippen molar-refractivity contribution >= 4 is 16.8 Å². The molecule has 4 nitrogen and oxygen atoms in total. The molecule has 1 fully saturated rings. The second-order valence-corrected chi connectivity index (χ2v) is 8.61. The normalized spacial score (nSPS) is 18.4. The molecule has 1 aromatic heterocycles. The van der Waals surface area contributed by atoms with Gasteiger partial charge in [-0.05, 0) is 69.3 Å². The number of aromatic nitrogens is 1. The van der Waals surface area contributed by atoms with Gasteiger partial charge in [0.1, 0.15) is 35.0 Å². The molecule has 8 heteroatoms. The zero-order valence-electron chi connectivity index (χ0n) is 19.9. The molecule has 1 unspecified atom stereocenters. The fourth-order valence-corrected chi connectivity index (χ4v) is 4.16. The van der Waals surface area contributed by atoms with Gasteiger partial charge in [-0.15, -0.1) is 0 Å². The molecular weight excluding hydrogens is 470 g/mol. The predicted octanol–water partition coefficient (Wildman–Crippen LogP) is 7.13. The van der Waals surface area contributed by atoms with Crippen molar-refractivity contribution in [2.45, 2.75) is 31.9 Å². The summed E-state index contributed by atoms with van der Waals surface area (Å²) < 4.78 is 63.9. The van der Waals surface area contributed by atoms with Crippen LogP contribution in [0.3, 0.4) is 0 Å². The lowest BCUT2D eigenvalue weighted by atomic mass is 9.98. The van der Waals surface area contributed by atoms with Crippen LogP contribution in [0.25, 0.3) is 11.1 Å². The average Bonchev–Trinajstić information content (AvgIpc) is 3.30. The molecule has 0 aliphatic carbocycles. The van der Waals surface area contributed by atoms with Gasteiger partial charge in [-0.2, -0.15) is 0 Å². The summed E-state index contributed by atoms with van der Waals surface area (Å²) in [6.45, 7) is 10.3. The third-order valence-electron chi connectivity index (χ3n) is 6.03. The Bertz CT molecular complexity index is 1260. The molecule has 0 saturated carbocycles. The number of rotatable bonds is 7. The minimum absolute atomic E-state index is 0.000814.